The molecule has 0 bridgehead atoms. The number of amides is 2. The number of nitrogens with zero attached hydrogens (tertiary/aromatic N) is 1. The molecule has 2 amide bonds. The Morgan fingerprint density at radius 1 is 0.792 bits per heavy atom. The van der Waals surface area contributed by atoms with Crippen LogP contribution < -0.4 is 0 Å². The Morgan fingerprint density at radius 2 is 1.38 bits per heavy atom. The fourth-order valence-corrected chi connectivity index (χ4v) is 3.22. The van der Waals surface area contributed by atoms with Gasteiger partial charge >= 0.3 is 0 Å². The first kappa shape index (κ1) is 14.6. The summed E-state index contributed by atoms with van der Waals surface area (Å²) in [6, 6.07) is 20.1. The van der Waals surface area contributed by atoms with Crippen LogP contribution in [-0.2, 0) is 0 Å². The third-order valence-electron chi connectivity index (χ3n) is 4.42. The zero-order chi connectivity index (χ0) is 16.7. The van der Waals surface area contributed by atoms with Crippen molar-refractivity contribution < 1.29 is 14.7 Å². The number of aliphatic hydroxyl groups is 1. The van der Waals surface area contributed by atoms with E-state index < -0.39 is 6.10 Å². The van der Waals surface area contributed by atoms with Crippen LogP contribution in [0.1, 0.15) is 32.4 Å². The summed E-state index contributed by atoms with van der Waals surface area (Å²) in [7, 11) is 0. The summed E-state index contributed by atoms with van der Waals surface area (Å²) in [6.45, 7) is -0.0552. The number of benzene rings is 3. The summed E-state index contributed by atoms with van der Waals surface area (Å²) in [5.41, 5.74) is 1.50. The lowest BCUT2D eigenvalue weighted by Gasteiger charge is -2.20. The topological polar surface area (TPSA) is 57.6 Å². The molecule has 3 aromatic carbocycles. The van der Waals surface area contributed by atoms with Crippen molar-refractivity contribution in [3.8, 4) is 0 Å². The molecule has 24 heavy (non-hydrogen) atoms. The Hall–Kier alpha value is -2.98. The van der Waals surface area contributed by atoms with Crippen molar-refractivity contribution in [3.05, 3.63) is 83.4 Å². The second kappa shape index (κ2) is 5.58. The smallest absolute Gasteiger partial charge is 0.261 e. The summed E-state index contributed by atoms with van der Waals surface area (Å²) in [4.78, 5) is 26.0. The molecule has 0 fully saturated rings. The molecule has 1 aliphatic rings. The van der Waals surface area contributed by atoms with Crippen LogP contribution in [0, 0.1) is 0 Å². The van der Waals surface area contributed by atoms with Crippen LogP contribution in [0.3, 0.4) is 0 Å². The van der Waals surface area contributed by atoms with Crippen molar-refractivity contribution in [2.75, 3.05) is 6.54 Å². The molecule has 1 atom stereocenters. The number of aliphatic hydroxyl groups excluding tert-OH is 1. The number of fused-ring (bicyclic) bond motifs is 2. The molecule has 0 saturated carbocycles. The zero-order valence-corrected chi connectivity index (χ0v) is 12.8. The van der Waals surface area contributed by atoms with Crippen LogP contribution in [0.25, 0.3) is 10.8 Å². The normalized spacial score (nSPS) is 15.0. The minimum absolute atomic E-state index is 0.0552. The quantitative estimate of drug-likeness (QED) is 0.755. The summed E-state index contributed by atoms with van der Waals surface area (Å²) in [6.07, 6.45) is -0.932. The third-order valence-corrected chi connectivity index (χ3v) is 4.42. The largest absolute Gasteiger partial charge is 0.387 e. The van der Waals surface area contributed by atoms with Crippen LogP contribution in [-0.4, -0.2) is 28.4 Å². The van der Waals surface area contributed by atoms with E-state index in [1.807, 2.05) is 42.5 Å². The van der Waals surface area contributed by atoms with E-state index in [2.05, 4.69) is 0 Å². The minimum atomic E-state index is -0.932. The highest BCUT2D eigenvalue weighted by Crippen LogP contribution is 2.28. The fraction of sp³-hybridized carbons (Fsp3) is 0.100. The summed E-state index contributed by atoms with van der Waals surface area (Å²) in [5.74, 6) is -0.704. The lowest BCUT2D eigenvalue weighted by atomic mass is 10.00. The molecular formula is C20H15NO3. The summed E-state index contributed by atoms with van der Waals surface area (Å²) >= 11 is 0. The summed E-state index contributed by atoms with van der Waals surface area (Å²) < 4.78 is 0. The average molecular weight is 317 g/mol. The number of imide groups is 1. The molecule has 0 radical (unpaired) electrons. The van der Waals surface area contributed by atoms with Gasteiger partial charge in [-0.3, -0.25) is 14.5 Å². The average Bonchev–Trinajstić information content (AvgIpc) is 2.86. The van der Waals surface area contributed by atoms with Crippen LogP contribution in [0.5, 0.6) is 0 Å². The molecular weight excluding hydrogens is 302 g/mol. The molecule has 0 aromatic heterocycles. The minimum Gasteiger partial charge on any atom is -0.387 e. The SMILES string of the molecule is O=C1c2ccccc2C(=O)N1C[C@H](O)c1cccc2ccccc12. The summed E-state index contributed by atoms with van der Waals surface area (Å²) in [5, 5.41) is 12.6. The van der Waals surface area contributed by atoms with Crippen molar-refractivity contribution in [3.63, 3.8) is 0 Å². The van der Waals surface area contributed by atoms with Crippen LogP contribution in [0.4, 0.5) is 0 Å². The van der Waals surface area contributed by atoms with E-state index in [0.717, 1.165) is 15.7 Å². The predicted octanol–water partition coefficient (Wildman–Crippen LogP) is 3.17. The van der Waals surface area contributed by atoms with Gasteiger partial charge in [0, 0.05) is 0 Å². The van der Waals surface area contributed by atoms with Gasteiger partial charge in [0.05, 0.1) is 23.8 Å². The highest BCUT2D eigenvalue weighted by Gasteiger charge is 2.36. The van der Waals surface area contributed by atoms with E-state index >= 15 is 0 Å². The van der Waals surface area contributed by atoms with Gasteiger partial charge in [-0.2, -0.15) is 0 Å². The van der Waals surface area contributed by atoms with Gasteiger partial charge in [0.25, 0.3) is 11.8 Å². The van der Waals surface area contributed by atoms with Crippen LogP contribution in [0.2, 0.25) is 0 Å². The van der Waals surface area contributed by atoms with Crippen molar-refractivity contribution >= 4 is 22.6 Å². The number of hydrogen-bond donors (Lipinski definition) is 1. The second-order valence-electron chi connectivity index (χ2n) is 5.85. The van der Waals surface area contributed by atoms with Crippen molar-refractivity contribution in [1.82, 2.24) is 4.90 Å². The Bertz CT molecular complexity index is 924. The standard InChI is InChI=1S/C20H15NO3/c22-18(15-11-5-7-13-6-1-2-8-14(13)15)12-21-19(23)16-9-3-4-10-17(16)20(21)24/h1-11,18,22H,12H2/t18-/m0/s1. The number of hydrogen-bond acceptors (Lipinski definition) is 3. The van der Waals surface area contributed by atoms with Gasteiger partial charge in [0.1, 0.15) is 0 Å². The van der Waals surface area contributed by atoms with E-state index in [4.69, 9.17) is 0 Å². The molecule has 3 aromatic rings. The Balaban J connectivity index is 1.66. The van der Waals surface area contributed by atoms with Gasteiger partial charge in [0.15, 0.2) is 0 Å². The van der Waals surface area contributed by atoms with Crippen molar-refractivity contribution in [2.24, 2.45) is 0 Å². The number of β-amino-alcohol motifs (C(OH)–C–C–N with tert-alkyl or cyclic N) is 1. The molecule has 0 spiro atoms. The zero-order valence-electron chi connectivity index (χ0n) is 12.8. The van der Waals surface area contributed by atoms with Gasteiger partial charge < -0.3 is 5.11 Å². The molecule has 0 aliphatic carbocycles. The Kier molecular flexibility index (Phi) is 3.40. The lowest BCUT2D eigenvalue weighted by Crippen LogP contribution is -2.33. The first-order valence-electron chi connectivity index (χ1n) is 7.78. The van der Waals surface area contributed by atoms with Crippen molar-refractivity contribution in [2.45, 2.75) is 6.10 Å². The Morgan fingerprint density at radius 3 is 2.08 bits per heavy atom. The Labute approximate surface area is 139 Å². The monoisotopic (exact) mass is 317 g/mol. The highest BCUT2D eigenvalue weighted by atomic mass is 16.3. The predicted molar refractivity (Wildman–Crippen MR) is 90.7 cm³/mol. The molecule has 4 rings (SSSR count). The number of carbonyl (C=O) groups excluding carboxylic acids is 2. The second-order valence-corrected chi connectivity index (χ2v) is 5.85. The van der Waals surface area contributed by atoms with Gasteiger partial charge in [0.2, 0.25) is 0 Å². The molecule has 4 nitrogen and oxygen atoms in total. The number of carbonyl (C=O) groups is 2. The maximum absolute atomic E-state index is 12.4. The van der Waals surface area contributed by atoms with Crippen LogP contribution in [0.15, 0.2) is 66.7 Å². The van der Waals surface area contributed by atoms with E-state index in [9.17, 15) is 14.7 Å². The lowest BCUT2D eigenvalue weighted by molar-refractivity contribution is 0.0545. The molecule has 0 unspecified atom stereocenters. The maximum Gasteiger partial charge on any atom is 0.261 e. The fourth-order valence-electron chi connectivity index (χ4n) is 3.22. The van der Waals surface area contributed by atoms with E-state index in [1.165, 1.54) is 0 Å². The molecule has 118 valence electrons. The van der Waals surface area contributed by atoms with Crippen molar-refractivity contribution in [1.29, 1.82) is 0 Å². The van der Waals surface area contributed by atoms with E-state index in [-0.39, 0.29) is 18.4 Å². The maximum atomic E-state index is 12.4. The molecule has 1 N–H and O–H groups in total. The van der Waals surface area contributed by atoms with Gasteiger partial charge in [-0.1, -0.05) is 54.6 Å². The number of rotatable bonds is 3. The van der Waals surface area contributed by atoms with E-state index in [1.54, 1.807) is 24.3 Å². The van der Waals surface area contributed by atoms with Gasteiger partial charge in [-0.15, -0.1) is 0 Å². The first-order valence-corrected chi connectivity index (χ1v) is 7.78. The molecule has 4 heteroatoms. The van der Waals surface area contributed by atoms with E-state index in [0.29, 0.717) is 16.7 Å². The third kappa shape index (κ3) is 2.20. The van der Waals surface area contributed by atoms with Crippen LogP contribution >= 0.6 is 0 Å². The molecule has 1 aliphatic heterocycles. The molecule has 1 heterocycles. The van der Waals surface area contributed by atoms with Gasteiger partial charge in [-0.25, -0.2) is 0 Å². The molecule has 0 saturated heterocycles. The highest BCUT2D eigenvalue weighted by molar-refractivity contribution is 6.21. The van der Waals surface area contributed by atoms with Gasteiger partial charge in [-0.05, 0) is 28.5 Å². The first-order chi connectivity index (χ1) is 11.7.